The number of phenols is 2. The lowest BCUT2D eigenvalue weighted by molar-refractivity contribution is -0.136. The van der Waals surface area contributed by atoms with Gasteiger partial charge in [-0.3, -0.25) is 4.79 Å². The number of hydrogen-bond donors (Lipinski definition) is 5. The normalized spacial score (nSPS) is 9.94. The topological polar surface area (TPSA) is 118 Å². The van der Waals surface area contributed by atoms with Gasteiger partial charge in [0.2, 0.25) is 0 Å². The van der Waals surface area contributed by atoms with E-state index in [2.05, 4.69) is 32.0 Å². The molecule has 0 bridgehead atoms. The Balaban J connectivity index is 0.000000255. The number of carbonyl (C=O) groups is 1. The number of hydrogen-bond acceptors (Lipinski definition) is 5. The maximum Gasteiger partial charge on any atom is 0.307 e. The summed E-state index contributed by atoms with van der Waals surface area (Å²) < 4.78 is 0. The minimum absolute atomic E-state index is 0.00111. The van der Waals surface area contributed by atoms with Crippen molar-refractivity contribution in [3.8, 4) is 11.5 Å². The van der Waals surface area contributed by atoms with Crippen molar-refractivity contribution >= 4 is 5.97 Å². The van der Waals surface area contributed by atoms with Crippen LogP contribution in [-0.2, 0) is 24.1 Å². The SMILES string of the molecule is Cc1cc(CC(=O)O)ccc1O.Cc1cc(CCO)ccc1O.Cc1ccc(CCO)cc1C. The fourth-order valence-corrected chi connectivity index (χ4v) is 3.09. The average molecular weight is 469 g/mol. The summed E-state index contributed by atoms with van der Waals surface area (Å²) >= 11 is 0. The molecule has 184 valence electrons. The van der Waals surface area contributed by atoms with E-state index in [1.54, 1.807) is 25.1 Å². The Hall–Kier alpha value is -3.35. The van der Waals surface area contributed by atoms with E-state index in [4.69, 9.17) is 25.5 Å². The summed E-state index contributed by atoms with van der Waals surface area (Å²) in [6.45, 7) is 8.16. The lowest BCUT2D eigenvalue weighted by Gasteiger charge is -2.02. The van der Waals surface area contributed by atoms with Crippen LogP contribution in [0.15, 0.2) is 54.6 Å². The van der Waals surface area contributed by atoms with Crippen molar-refractivity contribution in [2.75, 3.05) is 13.2 Å². The van der Waals surface area contributed by atoms with Crippen molar-refractivity contribution in [3.05, 3.63) is 93.5 Å². The quantitative estimate of drug-likeness (QED) is 0.366. The summed E-state index contributed by atoms with van der Waals surface area (Å²) in [4.78, 5) is 10.3. The summed E-state index contributed by atoms with van der Waals surface area (Å²) in [6.07, 6.45) is 1.42. The number of aliphatic carboxylic acids is 1. The van der Waals surface area contributed by atoms with Gasteiger partial charge in [0.15, 0.2) is 0 Å². The molecule has 5 N–H and O–H groups in total. The molecule has 34 heavy (non-hydrogen) atoms. The van der Waals surface area contributed by atoms with Crippen LogP contribution in [-0.4, -0.2) is 44.7 Å². The fourth-order valence-electron chi connectivity index (χ4n) is 3.09. The van der Waals surface area contributed by atoms with E-state index in [1.165, 1.54) is 22.8 Å². The van der Waals surface area contributed by atoms with Gasteiger partial charge in [-0.15, -0.1) is 0 Å². The van der Waals surface area contributed by atoms with Crippen LogP contribution in [0.1, 0.15) is 38.9 Å². The second-order valence-electron chi connectivity index (χ2n) is 8.18. The van der Waals surface area contributed by atoms with Crippen LogP contribution in [0.2, 0.25) is 0 Å². The number of benzene rings is 3. The van der Waals surface area contributed by atoms with Crippen LogP contribution in [0.4, 0.5) is 0 Å². The number of aromatic hydroxyl groups is 2. The zero-order chi connectivity index (χ0) is 25.7. The molecular weight excluding hydrogens is 432 g/mol. The maximum absolute atomic E-state index is 10.3. The predicted octanol–water partition coefficient (Wildman–Crippen LogP) is 4.40. The van der Waals surface area contributed by atoms with Crippen LogP contribution in [0.25, 0.3) is 0 Å². The van der Waals surface area contributed by atoms with E-state index in [0.717, 1.165) is 17.5 Å². The van der Waals surface area contributed by atoms with Crippen LogP contribution >= 0.6 is 0 Å². The van der Waals surface area contributed by atoms with E-state index < -0.39 is 5.97 Å². The lowest BCUT2D eigenvalue weighted by atomic mass is 10.0. The molecule has 6 nitrogen and oxygen atoms in total. The van der Waals surface area contributed by atoms with Crippen LogP contribution < -0.4 is 0 Å². The summed E-state index contributed by atoms with van der Waals surface area (Å²) in [5.41, 5.74) is 7.16. The predicted molar refractivity (Wildman–Crippen MR) is 135 cm³/mol. The van der Waals surface area contributed by atoms with Gasteiger partial charge < -0.3 is 25.5 Å². The highest BCUT2D eigenvalue weighted by atomic mass is 16.4. The number of aliphatic hydroxyl groups is 2. The van der Waals surface area contributed by atoms with Crippen LogP contribution in [0, 0.1) is 27.7 Å². The number of rotatable bonds is 6. The van der Waals surface area contributed by atoms with Gasteiger partial charge in [0.1, 0.15) is 11.5 Å². The van der Waals surface area contributed by atoms with Crippen molar-refractivity contribution in [1.82, 2.24) is 0 Å². The van der Waals surface area contributed by atoms with Gasteiger partial charge in [-0.25, -0.2) is 0 Å². The molecule has 0 saturated heterocycles. The summed E-state index contributed by atoms with van der Waals surface area (Å²) in [5, 5.41) is 44.0. The first kappa shape index (κ1) is 28.7. The molecule has 0 atom stereocenters. The van der Waals surface area contributed by atoms with Gasteiger partial charge in [0.05, 0.1) is 6.42 Å². The molecule has 0 aliphatic heterocycles. The number of phenolic OH excluding ortho intramolecular Hbond substituents is 2. The molecule has 0 aromatic heterocycles. The Kier molecular flexibility index (Phi) is 12.4. The van der Waals surface area contributed by atoms with E-state index in [9.17, 15) is 4.79 Å². The smallest absolute Gasteiger partial charge is 0.307 e. The molecule has 3 aromatic carbocycles. The molecular formula is C28H36O6. The van der Waals surface area contributed by atoms with E-state index in [-0.39, 0.29) is 25.4 Å². The standard InChI is InChI=1S/C10H14O.C9H10O3.C9H12O2/c1-8-3-4-10(5-6-11)7-9(8)2;1-6-4-7(5-9(11)12)2-3-8(6)10;1-7-6-8(4-5-10)2-3-9(7)11/h3-4,7,11H,5-6H2,1-2H3;2-4,10H,5H2,1H3,(H,11,12);2-3,6,10-11H,4-5H2,1H3. The second-order valence-corrected chi connectivity index (χ2v) is 8.18. The third kappa shape index (κ3) is 10.5. The Morgan fingerprint density at radius 3 is 1.44 bits per heavy atom. The Bertz CT molecular complexity index is 1010. The largest absolute Gasteiger partial charge is 0.508 e. The van der Waals surface area contributed by atoms with Crippen LogP contribution in [0.5, 0.6) is 11.5 Å². The molecule has 0 radical (unpaired) electrons. The highest BCUT2D eigenvalue weighted by Crippen LogP contribution is 2.17. The maximum atomic E-state index is 10.3. The van der Waals surface area contributed by atoms with E-state index in [1.807, 2.05) is 19.1 Å². The van der Waals surface area contributed by atoms with Crippen molar-refractivity contribution < 1.29 is 30.3 Å². The lowest BCUT2D eigenvalue weighted by Crippen LogP contribution is -1.99. The highest BCUT2D eigenvalue weighted by molar-refractivity contribution is 5.70. The third-order valence-electron chi connectivity index (χ3n) is 5.25. The third-order valence-corrected chi connectivity index (χ3v) is 5.25. The summed E-state index contributed by atoms with van der Waals surface area (Å²) in [7, 11) is 0. The van der Waals surface area contributed by atoms with E-state index >= 15 is 0 Å². The van der Waals surface area contributed by atoms with Gasteiger partial charge in [0, 0.05) is 13.2 Å². The molecule has 3 rings (SSSR count). The Morgan fingerprint density at radius 1 is 0.618 bits per heavy atom. The van der Waals surface area contributed by atoms with Crippen LogP contribution in [0.3, 0.4) is 0 Å². The first-order valence-corrected chi connectivity index (χ1v) is 11.1. The van der Waals surface area contributed by atoms with Gasteiger partial charge in [0.25, 0.3) is 0 Å². The van der Waals surface area contributed by atoms with Gasteiger partial charge in [-0.2, -0.15) is 0 Å². The fraction of sp³-hybridized carbons (Fsp3) is 0.321. The molecule has 0 saturated carbocycles. The van der Waals surface area contributed by atoms with Crippen molar-refractivity contribution in [2.24, 2.45) is 0 Å². The number of aliphatic hydroxyl groups excluding tert-OH is 2. The second kappa shape index (κ2) is 14.7. The Labute approximate surface area is 201 Å². The molecule has 0 unspecified atom stereocenters. The number of aryl methyl sites for hydroxylation is 4. The zero-order valence-electron chi connectivity index (χ0n) is 20.4. The number of carboxylic acid groups (broad SMARTS) is 1. The summed E-state index contributed by atoms with van der Waals surface area (Å²) in [5.74, 6) is -0.351. The zero-order valence-corrected chi connectivity index (χ0v) is 20.4. The van der Waals surface area contributed by atoms with Gasteiger partial charge in [-0.1, -0.05) is 42.5 Å². The molecule has 0 fully saturated rings. The molecule has 0 aliphatic rings. The van der Waals surface area contributed by atoms with E-state index in [0.29, 0.717) is 23.3 Å². The molecule has 0 amide bonds. The minimum atomic E-state index is -0.861. The Morgan fingerprint density at radius 2 is 1.03 bits per heavy atom. The number of carboxylic acids is 1. The van der Waals surface area contributed by atoms with Gasteiger partial charge in [-0.05, 0) is 91.6 Å². The van der Waals surface area contributed by atoms with Crippen molar-refractivity contribution in [1.29, 1.82) is 0 Å². The van der Waals surface area contributed by atoms with Gasteiger partial charge >= 0.3 is 5.97 Å². The molecule has 0 aliphatic carbocycles. The highest BCUT2D eigenvalue weighted by Gasteiger charge is 2.02. The first-order valence-electron chi connectivity index (χ1n) is 11.1. The molecule has 0 heterocycles. The molecule has 6 heteroatoms. The average Bonchev–Trinajstić information content (AvgIpc) is 2.77. The molecule has 3 aromatic rings. The minimum Gasteiger partial charge on any atom is -0.508 e. The van der Waals surface area contributed by atoms with Crippen molar-refractivity contribution in [2.45, 2.75) is 47.0 Å². The molecule has 0 spiro atoms. The monoisotopic (exact) mass is 468 g/mol. The summed E-state index contributed by atoms with van der Waals surface area (Å²) in [6, 6.07) is 16.4. The van der Waals surface area contributed by atoms with Crippen molar-refractivity contribution in [3.63, 3.8) is 0 Å². The first-order chi connectivity index (χ1) is 16.1.